The van der Waals surface area contributed by atoms with Crippen LogP contribution in [0.15, 0.2) is 40.9 Å². The highest BCUT2D eigenvalue weighted by atomic mass is 79.9. The number of halogens is 1. The van der Waals surface area contributed by atoms with E-state index in [1.807, 2.05) is 38.1 Å². The summed E-state index contributed by atoms with van der Waals surface area (Å²) in [4.78, 5) is 12.0. The van der Waals surface area contributed by atoms with Gasteiger partial charge in [-0.15, -0.1) is 0 Å². The summed E-state index contributed by atoms with van der Waals surface area (Å²) >= 11 is 3.51. The van der Waals surface area contributed by atoms with E-state index in [1.54, 1.807) is 19.2 Å². The van der Waals surface area contributed by atoms with E-state index in [9.17, 15) is 4.79 Å². The first-order chi connectivity index (χ1) is 9.99. The number of nitrogens with one attached hydrogen (secondary N) is 2. The first-order valence-corrected chi connectivity index (χ1v) is 7.27. The molecule has 0 atom stereocenters. The van der Waals surface area contributed by atoms with Crippen molar-refractivity contribution < 1.29 is 9.53 Å². The third kappa shape index (κ3) is 3.98. The number of carbonyl (C=O) groups is 1. The van der Waals surface area contributed by atoms with Crippen molar-refractivity contribution in [3.8, 4) is 5.75 Å². The Kier molecular flexibility index (Phi) is 4.85. The minimum Gasteiger partial charge on any atom is -0.497 e. The van der Waals surface area contributed by atoms with E-state index in [4.69, 9.17) is 4.74 Å². The van der Waals surface area contributed by atoms with Crippen molar-refractivity contribution in [3.63, 3.8) is 0 Å². The van der Waals surface area contributed by atoms with Gasteiger partial charge in [0.25, 0.3) is 0 Å². The molecule has 2 rings (SSSR count). The highest BCUT2D eigenvalue weighted by Gasteiger charge is 2.06. The molecule has 0 spiro atoms. The van der Waals surface area contributed by atoms with Crippen LogP contribution >= 0.6 is 15.9 Å². The maximum absolute atomic E-state index is 12.0. The van der Waals surface area contributed by atoms with Gasteiger partial charge in [0.1, 0.15) is 5.75 Å². The largest absolute Gasteiger partial charge is 0.497 e. The second-order valence-corrected chi connectivity index (χ2v) is 5.53. The molecule has 0 aliphatic heterocycles. The van der Waals surface area contributed by atoms with E-state index in [0.717, 1.165) is 21.3 Å². The number of hydrogen-bond acceptors (Lipinski definition) is 2. The molecule has 0 fully saturated rings. The van der Waals surface area contributed by atoms with Crippen LogP contribution in [0.3, 0.4) is 0 Å². The number of amides is 2. The quantitative estimate of drug-likeness (QED) is 0.843. The smallest absolute Gasteiger partial charge is 0.323 e. The Labute approximate surface area is 132 Å². The number of rotatable bonds is 3. The average Bonchev–Trinajstić information content (AvgIpc) is 2.44. The van der Waals surface area contributed by atoms with Crippen LogP contribution in [0.1, 0.15) is 11.1 Å². The molecule has 2 N–H and O–H groups in total. The molecule has 4 nitrogen and oxygen atoms in total. The molecule has 5 heteroatoms. The van der Waals surface area contributed by atoms with E-state index < -0.39 is 0 Å². The Balaban J connectivity index is 2.08. The Morgan fingerprint density at radius 1 is 1.05 bits per heavy atom. The molecule has 2 aromatic rings. The number of aryl methyl sites for hydroxylation is 2. The third-order valence-corrected chi connectivity index (χ3v) is 4.27. The lowest BCUT2D eigenvalue weighted by atomic mass is 10.1. The summed E-state index contributed by atoms with van der Waals surface area (Å²) in [6.07, 6.45) is 0. The molecule has 2 amide bonds. The van der Waals surface area contributed by atoms with E-state index in [1.165, 1.54) is 0 Å². The van der Waals surface area contributed by atoms with Crippen LogP contribution in [0, 0.1) is 13.8 Å². The molecule has 2 aromatic carbocycles. The fourth-order valence-corrected chi connectivity index (χ4v) is 2.24. The number of urea groups is 1. The van der Waals surface area contributed by atoms with Crippen molar-refractivity contribution in [1.82, 2.24) is 0 Å². The number of ether oxygens (including phenoxy) is 1. The van der Waals surface area contributed by atoms with Crippen molar-refractivity contribution in [2.24, 2.45) is 0 Å². The Bertz CT molecular complexity index is 648. The van der Waals surface area contributed by atoms with Crippen LogP contribution in [0.2, 0.25) is 0 Å². The third-order valence-electron chi connectivity index (χ3n) is 3.02. The fraction of sp³-hybridized carbons (Fsp3) is 0.188. The molecule has 0 aliphatic carbocycles. The van der Waals surface area contributed by atoms with Gasteiger partial charge in [0.05, 0.1) is 7.11 Å². The zero-order valence-corrected chi connectivity index (χ0v) is 13.7. The molecular formula is C16H17BrN2O2. The van der Waals surface area contributed by atoms with Crippen molar-refractivity contribution >= 4 is 33.3 Å². The first kappa shape index (κ1) is 15.4. The van der Waals surface area contributed by atoms with E-state index in [0.29, 0.717) is 11.4 Å². The summed E-state index contributed by atoms with van der Waals surface area (Å²) in [6.45, 7) is 3.98. The van der Waals surface area contributed by atoms with Crippen LogP contribution in [-0.2, 0) is 0 Å². The van der Waals surface area contributed by atoms with Crippen molar-refractivity contribution in [1.29, 1.82) is 0 Å². The number of carbonyl (C=O) groups excluding carboxylic acids is 1. The number of hydrogen-bond donors (Lipinski definition) is 2. The lowest BCUT2D eigenvalue weighted by Gasteiger charge is -2.11. The monoisotopic (exact) mass is 348 g/mol. The Morgan fingerprint density at radius 3 is 2.29 bits per heavy atom. The second-order valence-electron chi connectivity index (χ2n) is 4.74. The molecule has 0 saturated heterocycles. The number of anilines is 2. The van der Waals surface area contributed by atoms with Crippen LogP contribution in [0.5, 0.6) is 5.75 Å². The highest BCUT2D eigenvalue weighted by Crippen LogP contribution is 2.25. The predicted octanol–water partition coefficient (Wildman–Crippen LogP) is 4.72. The molecule has 0 aliphatic rings. The molecule has 0 radical (unpaired) electrons. The number of methoxy groups -OCH3 is 1. The van der Waals surface area contributed by atoms with Gasteiger partial charge in [-0.05, 0) is 49.2 Å². The van der Waals surface area contributed by atoms with Crippen LogP contribution < -0.4 is 15.4 Å². The molecule has 0 bridgehead atoms. The topological polar surface area (TPSA) is 50.4 Å². The molecule has 110 valence electrons. The van der Waals surface area contributed by atoms with E-state index in [-0.39, 0.29) is 6.03 Å². The summed E-state index contributed by atoms with van der Waals surface area (Å²) in [6, 6.07) is 10.8. The molecule has 0 aromatic heterocycles. The van der Waals surface area contributed by atoms with Crippen molar-refractivity contribution in [2.45, 2.75) is 13.8 Å². The van der Waals surface area contributed by atoms with Gasteiger partial charge >= 0.3 is 6.03 Å². The van der Waals surface area contributed by atoms with Gasteiger partial charge in [0, 0.05) is 21.9 Å². The van der Waals surface area contributed by atoms with Gasteiger partial charge in [0.15, 0.2) is 0 Å². The maximum Gasteiger partial charge on any atom is 0.323 e. The Morgan fingerprint density at radius 2 is 1.67 bits per heavy atom. The minimum absolute atomic E-state index is 0.288. The van der Waals surface area contributed by atoms with Gasteiger partial charge in [-0.1, -0.05) is 22.0 Å². The van der Waals surface area contributed by atoms with Crippen LogP contribution in [0.25, 0.3) is 0 Å². The zero-order chi connectivity index (χ0) is 15.4. The average molecular weight is 349 g/mol. The van der Waals surface area contributed by atoms with Crippen LogP contribution in [-0.4, -0.2) is 13.1 Å². The SMILES string of the molecule is COc1cccc(NC(=O)Nc2cc(C)c(Br)c(C)c2)c1. The molecule has 0 unspecified atom stereocenters. The standard InChI is InChI=1S/C16H17BrN2O2/c1-10-7-13(8-11(2)15(10)17)19-16(20)18-12-5-4-6-14(9-12)21-3/h4-9H,1-3H3,(H2,18,19,20). The van der Waals surface area contributed by atoms with Gasteiger partial charge in [-0.2, -0.15) is 0 Å². The number of benzene rings is 2. The van der Waals surface area contributed by atoms with Gasteiger partial charge in [-0.3, -0.25) is 0 Å². The first-order valence-electron chi connectivity index (χ1n) is 6.48. The minimum atomic E-state index is -0.288. The van der Waals surface area contributed by atoms with Crippen LogP contribution in [0.4, 0.5) is 16.2 Å². The van der Waals surface area contributed by atoms with Gasteiger partial charge < -0.3 is 15.4 Å². The Hall–Kier alpha value is -2.01. The second kappa shape index (κ2) is 6.63. The van der Waals surface area contributed by atoms with Gasteiger partial charge in [0.2, 0.25) is 0 Å². The summed E-state index contributed by atoms with van der Waals surface area (Å²) in [7, 11) is 1.59. The lowest BCUT2D eigenvalue weighted by molar-refractivity contribution is 0.262. The lowest BCUT2D eigenvalue weighted by Crippen LogP contribution is -2.19. The van der Waals surface area contributed by atoms with E-state index >= 15 is 0 Å². The molecule has 0 saturated carbocycles. The van der Waals surface area contributed by atoms with E-state index in [2.05, 4.69) is 26.6 Å². The summed E-state index contributed by atoms with van der Waals surface area (Å²) in [5.41, 5.74) is 3.59. The molecule has 0 heterocycles. The van der Waals surface area contributed by atoms with Crippen molar-refractivity contribution in [3.05, 3.63) is 52.0 Å². The summed E-state index contributed by atoms with van der Waals surface area (Å²) < 4.78 is 6.18. The summed E-state index contributed by atoms with van der Waals surface area (Å²) in [5, 5.41) is 5.60. The fourth-order valence-electron chi connectivity index (χ4n) is 2.01. The maximum atomic E-state index is 12.0. The molecular weight excluding hydrogens is 332 g/mol. The predicted molar refractivity (Wildman–Crippen MR) is 89.3 cm³/mol. The normalized spacial score (nSPS) is 10.1. The summed E-state index contributed by atoms with van der Waals surface area (Å²) in [5.74, 6) is 0.697. The van der Waals surface area contributed by atoms with Crippen molar-refractivity contribution in [2.75, 3.05) is 17.7 Å². The molecule has 21 heavy (non-hydrogen) atoms. The highest BCUT2D eigenvalue weighted by molar-refractivity contribution is 9.10. The van der Waals surface area contributed by atoms with Gasteiger partial charge in [-0.25, -0.2) is 4.79 Å². The zero-order valence-electron chi connectivity index (χ0n) is 12.2.